The second kappa shape index (κ2) is 10.1. The molecule has 0 aliphatic carbocycles. The number of anilines is 1. The number of nitrogens with zero attached hydrogens (tertiary/aromatic N) is 1. The van der Waals surface area contributed by atoms with Crippen LogP contribution in [0.4, 0.5) is 5.69 Å². The zero-order chi connectivity index (χ0) is 24.7. The van der Waals surface area contributed by atoms with Crippen molar-refractivity contribution in [3.05, 3.63) is 56.9 Å². The van der Waals surface area contributed by atoms with Crippen molar-refractivity contribution in [2.24, 2.45) is 0 Å². The summed E-state index contributed by atoms with van der Waals surface area (Å²) in [7, 11) is -8.29. The Morgan fingerprint density at radius 2 is 1.65 bits per heavy atom. The van der Waals surface area contributed by atoms with Crippen molar-refractivity contribution in [1.29, 1.82) is 0 Å². The van der Waals surface area contributed by atoms with E-state index in [-0.39, 0.29) is 11.1 Å². The van der Waals surface area contributed by atoms with Crippen LogP contribution >= 0.6 is 46.3 Å². The minimum Gasteiger partial charge on any atom is -0.358 e. The van der Waals surface area contributed by atoms with Crippen LogP contribution in [0.2, 0.25) is 10.0 Å². The molecule has 2 heterocycles. The van der Waals surface area contributed by atoms with Crippen molar-refractivity contribution < 1.29 is 25.9 Å². The van der Waals surface area contributed by atoms with E-state index in [0.29, 0.717) is 46.8 Å². The molecule has 0 fully saturated rings. The van der Waals surface area contributed by atoms with E-state index in [1.807, 2.05) is 18.2 Å². The number of thiophene rings is 1. The Bertz CT molecular complexity index is 1440. The molecule has 0 saturated carbocycles. The molecule has 1 unspecified atom stereocenters. The summed E-state index contributed by atoms with van der Waals surface area (Å²) in [5, 5.41) is 1.66. The number of thioether (sulfide) groups is 1. The van der Waals surface area contributed by atoms with E-state index in [4.69, 9.17) is 27.8 Å². The predicted molar refractivity (Wildman–Crippen MR) is 140 cm³/mol. The maximum atomic E-state index is 11.8. The molecule has 2 N–H and O–H groups in total. The molecule has 0 saturated heterocycles. The van der Waals surface area contributed by atoms with E-state index in [0.717, 1.165) is 20.2 Å². The van der Waals surface area contributed by atoms with Gasteiger partial charge in [-0.3, -0.25) is 9.11 Å². The lowest BCUT2D eigenvalue weighted by Crippen LogP contribution is -2.32. The van der Waals surface area contributed by atoms with Gasteiger partial charge in [-0.25, -0.2) is 0 Å². The van der Waals surface area contributed by atoms with Crippen molar-refractivity contribution in [3.63, 3.8) is 0 Å². The Morgan fingerprint density at radius 1 is 0.941 bits per heavy atom. The van der Waals surface area contributed by atoms with Gasteiger partial charge in [0.2, 0.25) is 0 Å². The fourth-order valence-electron chi connectivity index (χ4n) is 4.00. The first-order valence-electron chi connectivity index (χ1n) is 10.2. The number of rotatable bonds is 9. The summed E-state index contributed by atoms with van der Waals surface area (Å²) in [5.41, 5.74) is 1.46. The van der Waals surface area contributed by atoms with Crippen molar-refractivity contribution in [1.82, 2.24) is 0 Å². The Labute approximate surface area is 216 Å². The van der Waals surface area contributed by atoms with Crippen LogP contribution in [0.5, 0.6) is 0 Å². The fraction of sp³-hybridized carbons (Fsp3) is 0.333. The van der Waals surface area contributed by atoms with Crippen LogP contribution in [0.25, 0.3) is 10.1 Å². The molecule has 34 heavy (non-hydrogen) atoms. The highest BCUT2D eigenvalue weighted by atomic mass is 35.5. The summed E-state index contributed by atoms with van der Waals surface area (Å²) in [6.45, 7) is 0.533. The van der Waals surface area contributed by atoms with Gasteiger partial charge in [0.1, 0.15) is 5.75 Å². The van der Waals surface area contributed by atoms with Gasteiger partial charge in [-0.15, -0.1) is 11.3 Å². The largest absolute Gasteiger partial charge is 0.358 e. The molecule has 0 bridgehead atoms. The molecule has 1 atom stereocenters. The maximum absolute atomic E-state index is 11.8. The van der Waals surface area contributed by atoms with Gasteiger partial charge in [-0.05, 0) is 60.2 Å². The Balaban J connectivity index is 1.65. The normalized spacial score (nSPS) is 16.4. The first-order chi connectivity index (χ1) is 15.9. The minimum atomic E-state index is -4.27. The van der Waals surface area contributed by atoms with Gasteiger partial charge in [0.25, 0.3) is 20.2 Å². The molecule has 0 amide bonds. The van der Waals surface area contributed by atoms with Crippen molar-refractivity contribution in [2.45, 2.75) is 35.3 Å². The van der Waals surface area contributed by atoms with Gasteiger partial charge >= 0.3 is 0 Å². The molecule has 2 aromatic carbocycles. The van der Waals surface area contributed by atoms with Crippen LogP contribution in [0.3, 0.4) is 0 Å². The molecular weight excluding hydrogens is 561 g/mol. The third-order valence-corrected chi connectivity index (χ3v) is 9.87. The summed E-state index contributed by atoms with van der Waals surface area (Å²) in [5.74, 6) is -0.816. The van der Waals surface area contributed by atoms with E-state index in [2.05, 4.69) is 4.90 Å². The molecule has 0 radical (unpaired) electrons. The lowest BCUT2D eigenvalue weighted by Gasteiger charge is -2.27. The number of fused-ring (bicyclic) bond motifs is 2. The summed E-state index contributed by atoms with van der Waals surface area (Å²) in [4.78, 5) is 3.98. The Kier molecular flexibility index (Phi) is 7.76. The second-order valence-electron chi connectivity index (χ2n) is 7.95. The quantitative estimate of drug-likeness (QED) is 0.243. The molecule has 4 rings (SSSR count). The zero-order valence-electron chi connectivity index (χ0n) is 17.6. The summed E-state index contributed by atoms with van der Waals surface area (Å²) in [6.07, 6.45) is 1.33. The van der Waals surface area contributed by atoms with E-state index >= 15 is 0 Å². The van der Waals surface area contributed by atoms with Crippen LogP contribution in [0.1, 0.15) is 23.3 Å². The van der Waals surface area contributed by atoms with Gasteiger partial charge in [0.15, 0.2) is 0 Å². The van der Waals surface area contributed by atoms with E-state index < -0.39 is 26.0 Å². The third kappa shape index (κ3) is 6.38. The van der Waals surface area contributed by atoms with Crippen molar-refractivity contribution in [3.8, 4) is 0 Å². The third-order valence-electron chi connectivity index (χ3n) is 5.42. The molecule has 1 aliphatic heterocycles. The Hall–Kier alpha value is -1.05. The maximum Gasteiger partial charge on any atom is 0.269 e. The summed E-state index contributed by atoms with van der Waals surface area (Å²) < 4.78 is 65.2. The van der Waals surface area contributed by atoms with Crippen LogP contribution in [-0.4, -0.2) is 43.6 Å². The summed E-state index contributed by atoms with van der Waals surface area (Å²) in [6, 6.07) is 10.9. The highest BCUT2D eigenvalue weighted by Crippen LogP contribution is 2.47. The fourth-order valence-corrected chi connectivity index (χ4v) is 8.37. The molecule has 0 spiro atoms. The highest BCUT2D eigenvalue weighted by Gasteiger charge is 2.32. The lowest BCUT2D eigenvalue weighted by atomic mass is 10.1. The SMILES string of the molecule is O=S(=O)(O)CCCCN1c2cc(Cl)ccc2SC1Cc1sc2ccc(Cl)cc2c1CS(=O)(=O)O. The standard InChI is InChI=1S/C21H21Cl2NO6S4/c22-13-3-5-18-15(9-13)16(12-34(28,29)30)20(31-18)11-21-24(7-1-2-8-33(25,26)27)17-10-14(23)4-6-19(17)32-21/h3-6,9-10,21H,1-2,7-8,11-12H2,(H,25,26,27)(H,28,29,30). The number of benzene rings is 2. The predicted octanol–water partition coefficient (Wildman–Crippen LogP) is 5.74. The van der Waals surface area contributed by atoms with Crippen LogP contribution < -0.4 is 4.90 Å². The van der Waals surface area contributed by atoms with E-state index in [1.54, 1.807) is 30.0 Å². The van der Waals surface area contributed by atoms with Crippen LogP contribution in [-0.2, 0) is 32.4 Å². The highest BCUT2D eigenvalue weighted by molar-refractivity contribution is 8.00. The first kappa shape index (κ1) is 26.0. The number of hydrogen-bond acceptors (Lipinski definition) is 7. The second-order valence-corrected chi connectivity index (χ2v) is 14.2. The molecular formula is C21H21Cl2NO6S4. The smallest absolute Gasteiger partial charge is 0.269 e. The topological polar surface area (TPSA) is 112 Å². The molecule has 3 aromatic rings. The van der Waals surface area contributed by atoms with Crippen LogP contribution in [0.15, 0.2) is 41.3 Å². The van der Waals surface area contributed by atoms with Crippen molar-refractivity contribution >= 4 is 82.3 Å². The van der Waals surface area contributed by atoms with Crippen LogP contribution in [0, 0.1) is 0 Å². The molecule has 1 aromatic heterocycles. The number of unbranched alkanes of at least 4 members (excludes halogenated alkanes) is 1. The monoisotopic (exact) mass is 581 g/mol. The van der Waals surface area contributed by atoms with Gasteiger partial charge in [0.05, 0.1) is 16.8 Å². The van der Waals surface area contributed by atoms with E-state index in [9.17, 15) is 21.4 Å². The van der Waals surface area contributed by atoms with Gasteiger partial charge in [0, 0.05) is 37.5 Å². The van der Waals surface area contributed by atoms with Gasteiger partial charge in [-0.2, -0.15) is 16.8 Å². The number of hydrogen-bond donors (Lipinski definition) is 2. The number of halogens is 2. The first-order valence-corrected chi connectivity index (χ1v) is 15.9. The minimum absolute atomic E-state index is 0.0946. The molecule has 1 aliphatic rings. The Morgan fingerprint density at radius 3 is 2.35 bits per heavy atom. The average Bonchev–Trinajstić information content (AvgIpc) is 3.21. The lowest BCUT2D eigenvalue weighted by molar-refractivity contribution is 0.478. The van der Waals surface area contributed by atoms with E-state index in [1.165, 1.54) is 11.3 Å². The molecule has 184 valence electrons. The summed E-state index contributed by atoms with van der Waals surface area (Å²) >= 11 is 15.5. The zero-order valence-corrected chi connectivity index (χ0v) is 22.4. The van der Waals surface area contributed by atoms with Crippen molar-refractivity contribution in [2.75, 3.05) is 17.2 Å². The molecule has 7 nitrogen and oxygen atoms in total. The van der Waals surface area contributed by atoms with Gasteiger partial charge < -0.3 is 4.90 Å². The van der Waals surface area contributed by atoms with Gasteiger partial charge in [-0.1, -0.05) is 35.0 Å². The average molecular weight is 583 g/mol. The molecule has 13 heteroatoms.